The van der Waals surface area contributed by atoms with Crippen LogP contribution in [-0.4, -0.2) is 26.9 Å². The summed E-state index contributed by atoms with van der Waals surface area (Å²) in [4.78, 5) is 22.7. The molecule has 0 spiro atoms. The van der Waals surface area contributed by atoms with Crippen molar-refractivity contribution < 1.29 is 20.1 Å². The van der Waals surface area contributed by atoms with Crippen molar-refractivity contribution in [2.45, 2.75) is 51.3 Å². The molecule has 1 aromatic rings. The van der Waals surface area contributed by atoms with Gasteiger partial charge in [-0.3, -0.25) is 14.9 Å². The van der Waals surface area contributed by atoms with Crippen LogP contribution in [0.3, 0.4) is 0 Å². The fourth-order valence-corrected chi connectivity index (χ4v) is 3.69. The Morgan fingerprint density at radius 3 is 2.27 bits per heavy atom. The van der Waals surface area contributed by atoms with Crippen molar-refractivity contribution >= 4 is 11.5 Å². The number of quaternary nitrogens is 1. The lowest BCUT2D eigenvalue weighted by Gasteiger charge is -2.44. The van der Waals surface area contributed by atoms with Crippen LogP contribution in [0.2, 0.25) is 0 Å². The fourth-order valence-electron chi connectivity index (χ4n) is 3.69. The first-order valence-electron chi connectivity index (χ1n) is 7.36. The van der Waals surface area contributed by atoms with Crippen molar-refractivity contribution in [3.8, 4) is 0 Å². The lowest BCUT2D eigenvalue weighted by molar-refractivity contribution is -0.788. The van der Waals surface area contributed by atoms with Crippen LogP contribution < -0.4 is 5.32 Å². The Balaban J connectivity index is 2.29. The molecule has 120 valence electrons. The van der Waals surface area contributed by atoms with E-state index in [0.29, 0.717) is 12.0 Å². The molecule has 1 saturated heterocycles. The lowest BCUT2D eigenvalue weighted by atomic mass is 9.70. The summed E-state index contributed by atoms with van der Waals surface area (Å²) in [6.07, 6.45) is -0.568. The predicted octanol–water partition coefficient (Wildman–Crippen LogP) is 1.34. The molecule has 1 fully saturated rings. The van der Waals surface area contributed by atoms with Crippen LogP contribution in [0, 0.1) is 16.0 Å². The van der Waals surface area contributed by atoms with Gasteiger partial charge in [-0.1, -0.05) is 0 Å². The van der Waals surface area contributed by atoms with Gasteiger partial charge in [0.05, 0.1) is 23.0 Å². The van der Waals surface area contributed by atoms with Gasteiger partial charge in [-0.25, -0.2) is 0 Å². The third-order valence-corrected chi connectivity index (χ3v) is 4.30. The Hall–Kier alpha value is -1.79. The maximum absolute atomic E-state index is 12.5. The van der Waals surface area contributed by atoms with Crippen molar-refractivity contribution in [2.75, 3.05) is 0 Å². The van der Waals surface area contributed by atoms with Crippen LogP contribution in [0.25, 0.3) is 0 Å². The van der Waals surface area contributed by atoms with Gasteiger partial charge in [-0.05, 0) is 45.4 Å². The lowest BCUT2D eigenvalue weighted by Crippen LogP contribution is -3.07. The number of benzene rings is 1. The van der Waals surface area contributed by atoms with Crippen LogP contribution in [-0.2, 0) is 4.79 Å². The predicted molar refractivity (Wildman–Crippen MR) is 81.3 cm³/mol. The van der Waals surface area contributed by atoms with Crippen molar-refractivity contribution in [3.05, 3.63) is 39.9 Å². The number of Topliss-reactive ketones (excluding diaryl/α,β-unsaturated/α-hetero) is 1. The van der Waals surface area contributed by atoms with E-state index in [0.717, 1.165) is 0 Å². The Bertz CT molecular complexity index is 593. The zero-order valence-corrected chi connectivity index (χ0v) is 13.4. The highest BCUT2D eigenvalue weighted by Gasteiger charge is 2.52. The quantitative estimate of drug-likeness (QED) is 0.650. The SMILES string of the molecule is CC1(C)CC(=O)[C@H]([C@H](O)c2ccc([N+](=O)[O-])cc2)C(C)(C)[NH2+]1. The minimum absolute atomic E-state index is 0.0297. The summed E-state index contributed by atoms with van der Waals surface area (Å²) in [6, 6.07) is 5.75. The Kier molecular flexibility index (Phi) is 4.10. The van der Waals surface area contributed by atoms with E-state index >= 15 is 0 Å². The molecule has 2 atom stereocenters. The van der Waals surface area contributed by atoms with Gasteiger partial charge in [-0.2, -0.15) is 0 Å². The molecular weight excluding hydrogens is 284 g/mol. The average molecular weight is 307 g/mol. The number of nitrogens with two attached hydrogens (primary N) is 1. The number of carbonyl (C=O) groups excluding carboxylic acids is 1. The van der Waals surface area contributed by atoms with E-state index in [1.165, 1.54) is 24.3 Å². The number of nitrogens with zero attached hydrogens (tertiary/aromatic N) is 1. The molecule has 1 aromatic carbocycles. The summed E-state index contributed by atoms with van der Waals surface area (Å²) in [6.45, 7) is 7.93. The van der Waals surface area contributed by atoms with Crippen LogP contribution >= 0.6 is 0 Å². The van der Waals surface area contributed by atoms with Gasteiger partial charge >= 0.3 is 0 Å². The molecule has 0 saturated carbocycles. The maximum atomic E-state index is 12.5. The number of ketones is 1. The van der Waals surface area contributed by atoms with Gasteiger partial charge in [0.1, 0.15) is 11.5 Å². The molecule has 0 amide bonds. The van der Waals surface area contributed by atoms with Gasteiger partial charge in [0.2, 0.25) is 0 Å². The van der Waals surface area contributed by atoms with Gasteiger partial charge in [-0.15, -0.1) is 0 Å². The van der Waals surface area contributed by atoms with E-state index in [1.807, 2.05) is 27.7 Å². The topological polar surface area (TPSA) is 97.0 Å². The minimum atomic E-state index is -0.962. The molecule has 2 rings (SSSR count). The second kappa shape index (κ2) is 5.44. The summed E-state index contributed by atoms with van der Waals surface area (Å²) < 4.78 is 0. The molecule has 0 unspecified atom stereocenters. The molecule has 1 aliphatic rings. The molecule has 0 aliphatic carbocycles. The molecular formula is C16H23N2O4+. The summed E-state index contributed by atoms with van der Waals surface area (Å²) in [7, 11) is 0. The number of nitro groups is 1. The second-order valence-electron chi connectivity index (χ2n) is 7.37. The zero-order chi connectivity index (χ0) is 16.7. The number of aliphatic hydroxyl groups excluding tert-OH is 1. The maximum Gasteiger partial charge on any atom is 0.269 e. The number of aliphatic hydroxyl groups is 1. The number of rotatable bonds is 3. The smallest absolute Gasteiger partial charge is 0.269 e. The van der Waals surface area contributed by atoms with Crippen molar-refractivity contribution in [1.82, 2.24) is 0 Å². The van der Waals surface area contributed by atoms with E-state index in [9.17, 15) is 20.0 Å². The first-order valence-corrected chi connectivity index (χ1v) is 7.36. The Morgan fingerprint density at radius 2 is 1.82 bits per heavy atom. The van der Waals surface area contributed by atoms with Gasteiger partial charge in [0.25, 0.3) is 5.69 Å². The van der Waals surface area contributed by atoms with E-state index in [2.05, 4.69) is 5.32 Å². The monoisotopic (exact) mass is 307 g/mol. The summed E-state index contributed by atoms with van der Waals surface area (Å²) in [5, 5.41) is 23.5. The van der Waals surface area contributed by atoms with Crippen molar-refractivity contribution in [1.29, 1.82) is 0 Å². The highest BCUT2D eigenvalue weighted by atomic mass is 16.6. The molecule has 3 N–H and O–H groups in total. The number of hydrogen-bond donors (Lipinski definition) is 2. The fraction of sp³-hybridized carbons (Fsp3) is 0.562. The zero-order valence-electron chi connectivity index (χ0n) is 13.4. The van der Waals surface area contributed by atoms with Crippen LogP contribution in [0.1, 0.15) is 45.8 Å². The first-order chi connectivity index (χ1) is 10.0. The highest BCUT2D eigenvalue weighted by Crippen LogP contribution is 2.35. The third-order valence-electron chi connectivity index (χ3n) is 4.30. The minimum Gasteiger partial charge on any atom is -0.387 e. The van der Waals surface area contributed by atoms with E-state index in [-0.39, 0.29) is 17.0 Å². The standard InChI is InChI=1S/C16H22N2O4/c1-15(2)9-12(19)13(16(3,4)17-15)14(20)10-5-7-11(8-6-10)18(21)22/h5-8,13-14,17,20H,9H2,1-4H3/p+1/t13-,14-/m1/s1. The van der Waals surface area contributed by atoms with Gasteiger partial charge in [0, 0.05) is 12.1 Å². The number of nitro benzene ring substituents is 1. The average Bonchev–Trinajstić information content (AvgIpc) is 2.35. The highest BCUT2D eigenvalue weighted by molar-refractivity contribution is 5.84. The first kappa shape index (κ1) is 16.6. The van der Waals surface area contributed by atoms with Crippen molar-refractivity contribution in [3.63, 3.8) is 0 Å². The molecule has 1 aliphatic heterocycles. The Morgan fingerprint density at radius 1 is 1.27 bits per heavy atom. The number of carbonyl (C=O) groups is 1. The van der Waals surface area contributed by atoms with E-state index in [4.69, 9.17) is 0 Å². The molecule has 22 heavy (non-hydrogen) atoms. The third kappa shape index (κ3) is 3.18. The molecule has 6 nitrogen and oxygen atoms in total. The molecule has 0 bridgehead atoms. The van der Waals surface area contributed by atoms with Gasteiger partial charge < -0.3 is 10.4 Å². The number of piperidine rings is 1. The summed E-state index contributed by atoms with van der Waals surface area (Å²) in [5.74, 6) is -0.509. The molecule has 0 radical (unpaired) electrons. The summed E-state index contributed by atoms with van der Waals surface area (Å²) >= 11 is 0. The largest absolute Gasteiger partial charge is 0.387 e. The van der Waals surface area contributed by atoms with E-state index in [1.54, 1.807) is 0 Å². The molecule has 6 heteroatoms. The van der Waals surface area contributed by atoms with E-state index < -0.39 is 22.5 Å². The normalized spacial score (nSPS) is 24.8. The number of hydrogen-bond acceptors (Lipinski definition) is 4. The van der Waals surface area contributed by atoms with Crippen LogP contribution in [0.15, 0.2) is 24.3 Å². The van der Waals surface area contributed by atoms with Gasteiger partial charge in [0.15, 0.2) is 5.78 Å². The Labute approximate surface area is 129 Å². The second-order valence-corrected chi connectivity index (χ2v) is 7.37. The van der Waals surface area contributed by atoms with Crippen LogP contribution in [0.5, 0.6) is 0 Å². The number of non-ortho nitro benzene ring substituents is 1. The van der Waals surface area contributed by atoms with Crippen LogP contribution in [0.4, 0.5) is 5.69 Å². The molecule has 1 heterocycles. The summed E-state index contributed by atoms with van der Waals surface area (Å²) in [5.41, 5.74) is -0.130. The molecule has 0 aromatic heterocycles. The van der Waals surface area contributed by atoms with Crippen molar-refractivity contribution in [2.24, 2.45) is 5.92 Å².